The fourth-order valence-electron chi connectivity index (χ4n) is 2.27. The van der Waals surface area contributed by atoms with Crippen LogP contribution in [0.25, 0.3) is 0 Å². The van der Waals surface area contributed by atoms with Gasteiger partial charge in [-0.15, -0.1) is 0 Å². The number of piperazine rings is 1. The zero-order chi connectivity index (χ0) is 11.0. The van der Waals surface area contributed by atoms with E-state index >= 15 is 0 Å². The molecule has 1 N–H and O–H groups in total. The first kappa shape index (κ1) is 10.3. The van der Waals surface area contributed by atoms with Crippen molar-refractivity contribution in [2.24, 2.45) is 0 Å². The van der Waals surface area contributed by atoms with Crippen molar-refractivity contribution < 1.29 is 4.42 Å². The van der Waals surface area contributed by atoms with E-state index in [1.54, 1.807) is 0 Å². The lowest BCUT2D eigenvalue weighted by atomic mass is 10.3. The normalized spacial score (nSPS) is 22.6. The van der Waals surface area contributed by atoms with Crippen molar-refractivity contribution in [3.8, 4) is 0 Å². The Bertz CT molecular complexity index is 347. The van der Waals surface area contributed by atoms with Crippen LogP contribution >= 0.6 is 0 Å². The monoisotopic (exact) mass is 222 g/mol. The minimum Gasteiger partial charge on any atom is -0.443 e. The Morgan fingerprint density at radius 2 is 2.06 bits per heavy atom. The van der Waals surface area contributed by atoms with E-state index < -0.39 is 0 Å². The van der Waals surface area contributed by atoms with Crippen LogP contribution in [-0.4, -0.2) is 48.0 Å². The van der Waals surface area contributed by atoms with Crippen molar-refractivity contribution in [3.05, 3.63) is 17.3 Å². The standard InChI is InChI=1S/C11H18N4O/c1-14-2-4-15(5-3-14)8-11-13-9-6-12-7-10(9)16-11/h12H,2-8H2,1H3. The number of oxazole rings is 1. The van der Waals surface area contributed by atoms with Gasteiger partial charge in [0.1, 0.15) is 5.76 Å². The van der Waals surface area contributed by atoms with E-state index in [0.717, 1.165) is 63.2 Å². The predicted octanol–water partition coefficient (Wildman–Crippen LogP) is 0.0252. The highest BCUT2D eigenvalue weighted by molar-refractivity contribution is 5.14. The van der Waals surface area contributed by atoms with Crippen LogP contribution in [-0.2, 0) is 19.6 Å². The second-order valence-corrected chi connectivity index (χ2v) is 4.66. The molecule has 0 atom stereocenters. The molecule has 0 amide bonds. The Morgan fingerprint density at radius 3 is 2.81 bits per heavy atom. The quantitative estimate of drug-likeness (QED) is 0.764. The zero-order valence-electron chi connectivity index (χ0n) is 9.70. The van der Waals surface area contributed by atoms with Crippen LogP contribution in [0.15, 0.2) is 4.42 Å². The Labute approximate surface area is 95.4 Å². The van der Waals surface area contributed by atoms with Crippen LogP contribution in [0.2, 0.25) is 0 Å². The SMILES string of the molecule is CN1CCN(Cc2nc3c(o2)CNC3)CC1. The van der Waals surface area contributed by atoms with Gasteiger partial charge in [-0.25, -0.2) is 4.98 Å². The van der Waals surface area contributed by atoms with Crippen molar-refractivity contribution in [3.63, 3.8) is 0 Å². The Balaban J connectivity index is 1.61. The van der Waals surface area contributed by atoms with Gasteiger partial charge >= 0.3 is 0 Å². The van der Waals surface area contributed by atoms with Gasteiger partial charge in [-0.2, -0.15) is 0 Å². The van der Waals surface area contributed by atoms with Crippen LogP contribution < -0.4 is 5.32 Å². The van der Waals surface area contributed by atoms with Gasteiger partial charge in [-0.3, -0.25) is 4.90 Å². The lowest BCUT2D eigenvalue weighted by Crippen LogP contribution is -2.43. The van der Waals surface area contributed by atoms with Gasteiger partial charge in [0, 0.05) is 32.7 Å². The molecule has 1 fully saturated rings. The molecule has 3 heterocycles. The molecule has 1 aromatic heterocycles. The number of aromatic nitrogens is 1. The molecule has 5 heteroatoms. The summed E-state index contributed by atoms with van der Waals surface area (Å²) in [4.78, 5) is 9.29. The number of nitrogens with one attached hydrogen (secondary N) is 1. The second kappa shape index (κ2) is 4.16. The van der Waals surface area contributed by atoms with Gasteiger partial charge in [-0.05, 0) is 7.05 Å². The maximum Gasteiger partial charge on any atom is 0.208 e. The molecule has 5 nitrogen and oxygen atoms in total. The molecule has 0 radical (unpaired) electrons. The van der Waals surface area contributed by atoms with Gasteiger partial charge in [0.25, 0.3) is 0 Å². The maximum atomic E-state index is 5.73. The number of rotatable bonds is 2. The van der Waals surface area contributed by atoms with Crippen LogP contribution in [0.4, 0.5) is 0 Å². The second-order valence-electron chi connectivity index (χ2n) is 4.66. The molecule has 3 rings (SSSR count). The van der Waals surface area contributed by atoms with Gasteiger partial charge < -0.3 is 14.6 Å². The zero-order valence-corrected chi connectivity index (χ0v) is 9.70. The predicted molar refractivity (Wildman–Crippen MR) is 59.8 cm³/mol. The number of likely N-dealkylation sites (N-methyl/N-ethyl adjacent to an activating group) is 1. The summed E-state index contributed by atoms with van der Waals surface area (Å²) in [5.41, 5.74) is 1.10. The summed E-state index contributed by atoms with van der Waals surface area (Å²) >= 11 is 0. The Kier molecular flexibility index (Phi) is 2.67. The Morgan fingerprint density at radius 1 is 1.25 bits per heavy atom. The summed E-state index contributed by atoms with van der Waals surface area (Å²) in [5, 5.41) is 3.23. The number of hydrogen-bond acceptors (Lipinski definition) is 5. The molecule has 1 saturated heterocycles. The van der Waals surface area contributed by atoms with E-state index in [0.29, 0.717) is 0 Å². The van der Waals surface area contributed by atoms with E-state index in [-0.39, 0.29) is 0 Å². The molecule has 0 aromatic carbocycles. The first-order valence-corrected chi connectivity index (χ1v) is 5.90. The molecule has 2 aliphatic rings. The van der Waals surface area contributed by atoms with E-state index in [9.17, 15) is 0 Å². The number of hydrogen-bond donors (Lipinski definition) is 1. The third-order valence-electron chi connectivity index (χ3n) is 3.36. The average Bonchev–Trinajstić information content (AvgIpc) is 2.81. The molecule has 0 spiro atoms. The summed E-state index contributed by atoms with van der Waals surface area (Å²) in [6, 6.07) is 0. The molecule has 1 aromatic rings. The summed E-state index contributed by atoms with van der Waals surface area (Å²) in [5.74, 6) is 1.92. The van der Waals surface area contributed by atoms with Crippen LogP contribution in [0.1, 0.15) is 17.3 Å². The molecular formula is C11H18N4O. The van der Waals surface area contributed by atoms with E-state index in [1.807, 2.05) is 0 Å². The highest BCUT2D eigenvalue weighted by Crippen LogP contribution is 2.17. The van der Waals surface area contributed by atoms with Crippen molar-refractivity contribution >= 4 is 0 Å². The van der Waals surface area contributed by atoms with Crippen molar-refractivity contribution in [2.45, 2.75) is 19.6 Å². The fourth-order valence-corrected chi connectivity index (χ4v) is 2.27. The minimum absolute atomic E-state index is 0.838. The topological polar surface area (TPSA) is 44.5 Å². The number of fused-ring (bicyclic) bond motifs is 1. The highest BCUT2D eigenvalue weighted by atomic mass is 16.4. The van der Waals surface area contributed by atoms with Crippen molar-refractivity contribution in [1.82, 2.24) is 20.1 Å². The molecule has 88 valence electrons. The summed E-state index contributed by atoms with van der Waals surface area (Å²) < 4.78 is 5.73. The lowest BCUT2D eigenvalue weighted by Gasteiger charge is -2.31. The fraction of sp³-hybridized carbons (Fsp3) is 0.727. The van der Waals surface area contributed by atoms with Gasteiger partial charge in [0.15, 0.2) is 0 Å². The number of nitrogens with zero attached hydrogens (tertiary/aromatic N) is 3. The van der Waals surface area contributed by atoms with E-state index in [1.165, 1.54) is 0 Å². The molecule has 2 aliphatic heterocycles. The first-order chi connectivity index (χ1) is 7.81. The van der Waals surface area contributed by atoms with Gasteiger partial charge in [-0.1, -0.05) is 0 Å². The maximum absolute atomic E-state index is 5.73. The van der Waals surface area contributed by atoms with E-state index in [4.69, 9.17) is 4.42 Å². The summed E-state index contributed by atoms with van der Waals surface area (Å²) in [6.45, 7) is 7.07. The van der Waals surface area contributed by atoms with Gasteiger partial charge in [0.2, 0.25) is 5.89 Å². The largest absolute Gasteiger partial charge is 0.443 e. The van der Waals surface area contributed by atoms with Crippen molar-refractivity contribution in [1.29, 1.82) is 0 Å². The Hall–Kier alpha value is -0.910. The average molecular weight is 222 g/mol. The summed E-state index contributed by atoms with van der Waals surface area (Å²) in [7, 11) is 2.17. The van der Waals surface area contributed by atoms with Crippen molar-refractivity contribution in [2.75, 3.05) is 33.2 Å². The smallest absolute Gasteiger partial charge is 0.208 e. The molecule has 0 aliphatic carbocycles. The molecular weight excluding hydrogens is 204 g/mol. The van der Waals surface area contributed by atoms with Gasteiger partial charge in [0.05, 0.1) is 18.8 Å². The highest BCUT2D eigenvalue weighted by Gasteiger charge is 2.20. The third kappa shape index (κ3) is 1.98. The third-order valence-corrected chi connectivity index (χ3v) is 3.36. The molecule has 0 bridgehead atoms. The molecule has 16 heavy (non-hydrogen) atoms. The minimum atomic E-state index is 0.838. The van der Waals surface area contributed by atoms with Crippen LogP contribution in [0.3, 0.4) is 0 Å². The lowest BCUT2D eigenvalue weighted by molar-refractivity contribution is 0.137. The summed E-state index contributed by atoms with van der Waals surface area (Å²) in [6.07, 6.45) is 0. The first-order valence-electron chi connectivity index (χ1n) is 5.90. The van der Waals surface area contributed by atoms with Crippen LogP contribution in [0.5, 0.6) is 0 Å². The van der Waals surface area contributed by atoms with E-state index in [2.05, 4.69) is 27.1 Å². The molecule has 0 unspecified atom stereocenters. The molecule has 0 saturated carbocycles. The van der Waals surface area contributed by atoms with Crippen LogP contribution in [0, 0.1) is 0 Å².